The van der Waals surface area contributed by atoms with Crippen molar-refractivity contribution in [3.8, 4) is 0 Å². The standard InChI is InChI=1S/C6H4IN3O/c7-10-4-2-1-3-8-5(4)9-6(10)11/h1-3H,(H,8,9,11). The van der Waals surface area contributed by atoms with Gasteiger partial charge < -0.3 is 0 Å². The van der Waals surface area contributed by atoms with Gasteiger partial charge in [0.15, 0.2) is 5.65 Å². The van der Waals surface area contributed by atoms with Crippen molar-refractivity contribution in [2.45, 2.75) is 0 Å². The Morgan fingerprint density at radius 2 is 2.45 bits per heavy atom. The van der Waals surface area contributed by atoms with Crippen molar-refractivity contribution in [2.24, 2.45) is 0 Å². The number of hydrogen-bond donors (Lipinski definition) is 1. The van der Waals surface area contributed by atoms with E-state index in [2.05, 4.69) is 9.97 Å². The minimum absolute atomic E-state index is 0.140. The van der Waals surface area contributed by atoms with E-state index in [0.29, 0.717) is 5.65 Å². The van der Waals surface area contributed by atoms with E-state index in [1.807, 2.05) is 28.9 Å². The maximum absolute atomic E-state index is 11.0. The monoisotopic (exact) mass is 261 g/mol. The van der Waals surface area contributed by atoms with Gasteiger partial charge in [-0.15, -0.1) is 0 Å². The van der Waals surface area contributed by atoms with E-state index in [4.69, 9.17) is 0 Å². The number of aromatic amines is 1. The van der Waals surface area contributed by atoms with Gasteiger partial charge in [-0.2, -0.15) is 0 Å². The second-order valence-electron chi connectivity index (χ2n) is 2.08. The number of nitrogens with one attached hydrogen (secondary N) is 1. The van der Waals surface area contributed by atoms with Gasteiger partial charge in [0.2, 0.25) is 0 Å². The van der Waals surface area contributed by atoms with E-state index in [0.717, 1.165) is 5.52 Å². The van der Waals surface area contributed by atoms with Crippen LogP contribution in [0.15, 0.2) is 23.1 Å². The second kappa shape index (κ2) is 2.33. The molecule has 0 unspecified atom stereocenters. The summed E-state index contributed by atoms with van der Waals surface area (Å²) in [6, 6.07) is 3.64. The molecule has 5 heteroatoms. The fourth-order valence-corrected chi connectivity index (χ4v) is 1.42. The molecule has 0 fully saturated rings. The summed E-state index contributed by atoms with van der Waals surface area (Å²) in [5, 5.41) is 0. The van der Waals surface area contributed by atoms with Gasteiger partial charge in [-0.3, -0.25) is 4.98 Å². The molecule has 0 aliphatic carbocycles. The van der Waals surface area contributed by atoms with Gasteiger partial charge in [0.25, 0.3) is 0 Å². The van der Waals surface area contributed by atoms with Gasteiger partial charge in [0, 0.05) is 6.20 Å². The number of nitrogens with zero attached hydrogens (tertiary/aromatic N) is 2. The maximum atomic E-state index is 11.0. The lowest BCUT2D eigenvalue weighted by molar-refractivity contribution is 1.18. The number of rotatable bonds is 0. The molecule has 0 aromatic carbocycles. The fourth-order valence-electron chi connectivity index (χ4n) is 0.911. The molecule has 1 N–H and O–H groups in total. The Morgan fingerprint density at radius 1 is 1.64 bits per heavy atom. The van der Waals surface area contributed by atoms with Crippen LogP contribution in [-0.2, 0) is 0 Å². The Morgan fingerprint density at radius 3 is 3.18 bits per heavy atom. The number of halogens is 1. The largest absolute Gasteiger partial charge is 0.336 e. The predicted molar refractivity (Wildman–Crippen MR) is 49.8 cm³/mol. The van der Waals surface area contributed by atoms with Crippen LogP contribution >= 0.6 is 22.9 Å². The fraction of sp³-hybridized carbons (Fsp3) is 0. The van der Waals surface area contributed by atoms with Crippen LogP contribution in [0, 0.1) is 0 Å². The van der Waals surface area contributed by atoms with Crippen LogP contribution in [0.3, 0.4) is 0 Å². The van der Waals surface area contributed by atoms with E-state index in [-0.39, 0.29) is 5.69 Å². The summed E-state index contributed by atoms with van der Waals surface area (Å²) in [5.41, 5.74) is 1.31. The van der Waals surface area contributed by atoms with Gasteiger partial charge >= 0.3 is 5.69 Å². The summed E-state index contributed by atoms with van der Waals surface area (Å²) >= 11 is 1.93. The van der Waals surface area contributed by atoms with E-state index >= 15 is 0 Å². The first-order chi connectivity index (χ1) is 5.29. The molecule has 2 rings (SSSR count). The van der Waals surface area contributed by atoms with Crippen LogP contribution in [0.1, 0.15) is 0 Å². The molecule has 11 heavy (non-hydrogen) atoms. The van der Waals surface area contributed by atoms with Crippen LogP contribution in [0.25, 0.3) is 11.2 Å². The third kappa shape index (κ3) is 0.953. The average Bonchev–Trinajstić information content (AvgIpc) is 2.30. The molecule has 0 aliphatic rings. The minimum Gasteiger partial charge on any atom is -0.290 e. The van der Waals surface area contributed by atoms with Crippen molar-refractivity contribution >= 4 is 34.0 Å². The Balaban J connectivity index is 3.04. The molecule has 0 atom stereocenters. The molecule has 0 radical (unpaired) electrons. The molecule has 0 bridgehead atoms. The molecule has 0 amide bonds. The zero-order valence-electron chi connectivity index (χ0n) is 5.41. The number of aromatic nitrogens is 3. The van der Waals surface area contributed by atoms with E-state index in [9.17, 15) is 4.79 Å². The van der Waals surface area contributed by atoms with E-state index in [1.165, 1.54) is 2.78 Å². The van der Waals surface area contributed by atoms with Crippen LogP contribution < -0.4 is 5.69 Å². The molecular formula is C6H4IN3O. The van der Waals surface area contributed by atoms with Gasteiger partial charge in [0.05, 0.1) is 28.4 Å². The highest BCUT2D eigenvalue weighted by Gasteiger charge is 2.01. The molecule has 56 valence electrons. The van der Waals surface area contributed by atoms with E-state index in [1.54, 1.807) is 12.3 Å². The van der Waals surface area contributed by atoms with E-state index < -0.39 is 0 Å². The lowest BCUT2D eigenvalue weighted by Crippen LogP contribution is -2.06. The first kappa shape index (κ1) is 6.84. The number of H-pyrrole nitrogens is 1. The Labute approximate surface area is 75.8 Å². The minimum atomic E-state index is -0.140. The molecule has 0 saturated carbocycles. The Bertz CT molecular complexity index is 444. The van der Waals surface area contributed by atoms with Crippen LogP contribution in [0.2, 0.25) is 0 Å². The van der Waals surface area contributed by atoms with Crippen LogP contribution in [-0.4, -0.2) is 12.7 Å². The topological polar surface area (TPSA) is 50.7 Å². The molecule has 0 saturated heterocycles. The van der Waals surface area contributed by atoms with Gasteiger partial charge in [-0.1, -0.05) is 0 Å². The molecule has 0 aliphatic heterocycles. The third-order valence-corrected chi connectivity index (χ3v) is 2.36. The molecule has 2 aromatic heterocycles. The quantitative estimate of drug-likeness (QED) is 0.717. The second-order valence-corrected chi connectivity index (χ2v) is 3.05. The van der Waals surface area contributed by atoms with Crippen LogP contribution in [0.4, 0.5) is 0 Å². The molecule has 2 aromatic rings. The number of hydrogen-bond acceptors (Lipinski definition) is 2. The number of imidazole rings is 1. The zero-order chi connectivity index (χ0) is 7.84. The van der Waals surface area contributed by atoms with Crippen molar-refractivity contribution in [1.29, 1.82) is 0 Å². The normalized spacial score (nSPS) is 10.6. The lowest BCUT2D eigenvalue weighted by Gasteiger charge is -1.86. The molecule has 0 spiro atoms. The first-order valence-electron chi connectivity index (χ1n) is 3.01. The first-order valence-corrected chi connectivity index (χ1v) is 3.97. The zero-order valence-corrected chi connectivity index (χ0v) is 7.57. The molecule has 4 nitrogen and oxygen atoms in total. The molecule has 2 heterocycles. The van der Waals surface area contributed by atoms with Gasteiger partial charge in [-0.25, -0.2) is 12.6 Å². The number of pyridine rings is 1. The SMILES string of the molecule is O=c1[nH]c2ncccc2n1I. The Kier molecular flexibility index (Phi) is 1.45. The van der Waals surface area contributed by atoms with Gasteiger partial charge in [-0.05, 0) is 12.1 Å². The van der Waals surface area contributed by atoms with Crippen molar-refractivity contribution in [2.75, 3.05) is 0 Å². The highest BCUT2D eigenvalue weighted by molar-refractivity contribution is 14.1. The summed E-state index contributed by atoms with van der Waals surface area (Å²) < 4.78 is 1.50. The third-order valence-electron chi connectivity index (χ3n) is 1.40. The summed E-state index contributed by atoms with van der Waals surface area (Å²) in [6.45, 7) is 0. The lowest BCUT2D eigenvalue weighted by atomic mass is 10.4. The maximum Gasteiger partial charge on any atom is 0.336 e. The van der Waals surface area contributed by atoms with Crippen molar-refractivity contribution in [1.82, 2.24) is 12.7 Å². The Hall–Kier alpha value is -0.850. The van der Waals surface area contributed by atoms with Crippen LogP contribution in [0.5, 0.6) is 0 Å². The predicted octanol–water partition coefficient (Wildman–Crippen LogP) is 0.923. The van der Waals surface area contributed by atoms with Gasteiger partial charge in [0.1, 0.15) is 0 Å². The summed E-state index contributed by atoms with van der Waals surface area (Å²) in [6.07, 6.45) is 1.65. The number of fused-ring (bicyclic) bond motifs is 1. The highest BCUT2D eigenvalue weighted by Crippen LogP contribution is 2.07. The van der Waals surface area contributed by atoms with Crippen molar-refractivity contribution in [3.05, 3.63) is 28.8 Å². The highest BCUT2D eigenvalue weighted by atomic mass is 127. The summed E-state index contributed by atoms with van der Waals surface area (Å²) in [5.74, 6) is 0. The molecular weight excluding hydrogens is 257 g/mol. The summed E-state index contributed by atoms with van der Waals surface area (Å²) in [4.78, 5) is 17.6. The average molecular weight is 261 g/mol. The van der Waals surface area contributed by atoms with Crippen molar-refractivity contribution < 1.29 is 0 Å². The smallest absolute Gasteiger partial charge is 0.290 e. The summed E-state index contributed by atoms with van der Waals surface area (Å²) in [7, 11) is 0. The van der Waals surface area contributed by atoms with Crippen molar-refractivity contribution in [3.63, 3.8) is 0 Å².